The lowest BCUT2D eigenvalue weighted by Gasteiger charge is -2.16. The highest BCUT2D eigenvalue weighted by Crippen LogP contribution is 2.38. The molecule has 0 radical (unpaired) electrons. The van der Waals surface area contributed by atoms with Crippen LogP contribution >= 0.6 is 0 Å². The quantitative estimate of drug-likeness (QED) is 0.249. The van der Waals surface area contributed by atoms with Gasteiger partial charge in [0.2, 0.25) is 0 Å². The van der Waals surface area contributed by atoms with E-state index in [1.165, 1.54) is 42.3 Å². The van der Waals surface area contributed by atoms with Crippen LogP contribution in [0.3, 0.4) is 0 Å². The van der Waals surface area contributed by atoms with Crippen molar-refractivity contribution in [3.63, 3.8) is 0 Å². The first kappa shape index (κ1) is 26.4. The molecule has 0 fully saturated rings. The summed E-state index contributed by atoms with van der Waals surface area (Å²) in [7, 11) is 1.52. The summed E-state index contributed by atoms with van der Waals surface area (Å²) < 4.78 is 58.5. The molecule has 0 spiro atoms. The minimum atomic E-state index is -4.89. The Morgan fingerprint density at radius 2 is 1.73 bits per heavy atom. The highest BCUT2D eigenvalue weighted by atomic mass is 19.4. The smallest absolute Gasteiger partial charge is 0.417 e. The van der Waals surface area contributed by atoms with Crippen LogP contribution in [-0.4, -0.2) is 40.4 Å². The fraction of sp³-hybridized carbons (Fsp3) is 0.111. The molecule has 0 atom stereocenters. The van der Waals surface area contributed by atoms with Gasteiger partial charge in [-0.1, -0.05) is 30.3 Å². The van der Waals surface area contributed by atoms with Crippen molar-refractivity contribution < 1.29 is 32.6 Å². The van der Waals surface area contributed by atoms with Gasteiger partial charge in [0.1, 0.15) is 11.6 Å². The van der Waals surface area contributed by atoms with Crippen molar-refractivity contribution in [3.05, 3.63) is 95.8 Å². The van der Waals surface area contributed by atoms with E-state index < -0.39 is 34.6 Å². The Morgan fingerprint density at radius 3 is 2.35 bits per heavy atom. The highest BCUT2D eigenvalue weighted by Gasteiger charge is 2.36. The number of aryl methyl sites for hydroxylation is 1. The van der Waals surface area contributed by atoms with Crippen molar-refractivity contribution >= 4 is 11.6 Å². The molecule has 3 N–H and O–H groups in total. The number of amides is 1. The van der Waals surface area contributed by atoms with Crippen molar-refractivity contribution in [1.29, 1.82) is 0 Å². The van der Waals surface area contributed by atoms with E-state index in [0.717, 1.165) is 10.6 Å². The fourth-order valence-corrected chi connectivity index (χ4v) is 4.09. The molecule has 3 heterocycles. The molecule has 1 amide bonds. The third-order valence-corrected chi connectivity index (χ3v) is 6.01. The Hall–Kier alpha value is -5.20. The molecule has 2 aromatic carbocycles. The number of carbonyl (C=O) groups is 1. The van der Waals surface area contributed by atoms with Crippen LogP contribution in [0, 0.1) is 5.82 Å². The van der Waals surface area contributed by atoms with Crippen LogP contribution in [0.1, 0.15) is 21.7 Å². The maximum Gasteiger partial charge on any atom is 0.417 e. The Morgan fingerprint density at radius 1 is 1.02 bits per heavy atom. The van der Waals surface area contributed by atoms with Gasteiger partial charge < -0.3 is 15.5 Å². The Bertz CT molecular complexity index is 1690. The lowest BCUT2D eigenvalue weighted by Crippen LogP contribution is -2.18. The van der Waals surface area contributed by atoms with E-state index in [4.69, 9.17) is 0 Å². The molecular formula is C27H20F4N6O3. The summed E-state index contributed by atoms with van der Waals surface area (Å²) >= 11 is 0. The largest absolute Gasteiger partial charge is 0.494 e. The second kappa shape index (κ2) is 10.2. The van der Waals surface area contributed by atoms with Crippen molar-refractivity contribution in [3.8, 4) is 34.3 Å². The number of nitrogens with zero attached hydrogens (tertiary/aromatic N) is 5. The van der Waals surface area contributed by atoms with Crippen molar-refractivity contribution in [2.75, 3.05) is 5.32 Å². The van der Waals surface area contributed by atoms with Crippen LogP contribution in [0.15, 0.2) is 73.1 Å². The molecule has 9 nitrogen and oxygen atoms in total. The molecular weight excluding hydrogens is 532 g/mol. The second-order valence-electron chi connectivity index (χ2n) is 8.75. The first-order valence-electron chi connectivity index (χ1n) is 11.7. The second-order valence-corrected chi connectivity index (χ2v) is 8.75. The third-order valence-electron chi connectivity index (χ3n) is 6.01. The number of hydrogen-bond donors (Lipinski definition) is 3. The highest BCUT2D eigenvalue weighted by molar-refractivity contribution is 6.06. The van der Waals surface area contributed by atoms with Crippen molar-refractivity contribution in [1.82, 2.24) is 24.3 Å². The molecule has 0 saturated heterocycles. The zero-order valence-electron chi connectivity index (χ0n) is 20.7. The predicted octanol–water partition coefficient (Wildman–Crippen LogP) is 5.22. The minimum absolute atomic E-state index is 0.0552. The van der Waals surface area contributed by atoms with Crippen LogP contribution in [0.25, 0.3) is 22.5 Å². The van der Waals surface area contributed by atoms with Gasteiger partial charge in [-0.25, -0.2) is 14.4 Å². The standard InChI is InChI=1S/C27H20F4N6O3/c1-36-10-9-20(35-36)16-11-17(19(28)12-18(16)27(29,30)31)26(40)33-21-13-32-22(14-37-23(38)7-8-24(37)39)34-25(21)15-5-3-2-4-6-15/h2-13,38-39H,14H2,1H3,(H,33,40). The molecule has 3 aromatic heterocycles. The van der Waals surface area contributed by atoms with E-state index in [1.807, 2.05) is 0 Å². The molecule has 0 aliphatic rings. The zero-order chi connectivity index (χ0) is 28.6. The third kappa shape index (κ3) is 5.21. The normalized spacial score (nSPS) is 11.5. The van der Waals surface area contributed by atoms with E-state index in [9.17, 15) is 32.6 Å². The number of anilines is 1. The number of rotatable bonds is 6. The summed E-state index contributed by atoms with van der Waals surface area (Å²) in [5.74, 6) is -2.68. The molecule has 0 bridgehead atoms. The van der Waals surface area contributed by atoms with E-state index >= 15 is 0 Å². The summed E-state index contributed by atoms with van der Waals surface area (Å²) in [6.45, 7) is -0.111. The summed E-state index contributed by atoms with van der Waals surface area (Å²) in [4.78, 5) is 21.9. The molecule has 0 unspecified atom stereocenters. The predicted molar refractivity (Wildman–Crippen MR) is 136 cm³/mol. The summed E-state index contributed by atoms with van der Waals surface area (Å²) in [5.41, 5.74) is -1.63. The van der Waals surface area contributed by atoms with Crippen LogP contribution < -0.4 is 5.32 Å². The van der Waals surface area contributed by atoms with Gasteiger partial charge in [-0.05, 0) is 18.2 Å². The number of halogens is 4. The van der Waals surface area contributed by atoms with Gasteiger partial charge in [0.25, 0.3) is 5.91 Å². The topological polar surface area (TPSA) is 118 Å². The number of carbonyl (C=O) groups excluding carboxylic acids is 1. The van der Waals surface area contributed by atoms with Crippen LogP contribution in [0.5, 0.6) is 11.8 Å². The van der Waals surface area contributed by atoms with Gasteiger partial charge in [-0.3, -0.25) is 14.0 Å². The molecule has 0 aliphatic heterocycles. The molecule has 0 aliphatic carbocycles. The maximum atomic E-state index is 14.9. The molecule has 5 rings (SSSR count). The lowest BCUT2D eigenvalue weighted by molar-refractivity contribution is -0.137. The maximum absolute atomic E-state index is 14.9. The fourth-order valence-electron chi connectivity index (χ4n) is 4.09. The minimum Gasteiger partial charge on any atom is -0.494 e. The zero-order valence-corrected chi connectivity index (χ0v) is 20.7. The summed E-state index contributed by atoms with van der Waals surface area (Å²) in [6.07, 6.45) is -2.21. The Labute approximate surface area is 224 Å². The lowest BCUT2D eigenvalue weighted by atomic mass is 9.99. The van der Waals surface area contributed by atoms with Gasteiger partial charge in [-0.2, -0.15) is 18.3 Å². The van der Waals surface area contributed by atoms with Crippen LogP contribution in [0.2, 0.25) is 0 Å². The molecule has 13 heteroatoms. The van der Waals surface area contributed by atoms with Crippen LogP contribution in [0.4, 0.5) is 23.2 Å². The van der Waals surface area contributed by atoms with Gasteiger partial charge in [-0.15, -0.1) is 0 Å². The summed E-state index contributed by atoms with van der Waals surface area (Å²) in [6, 6.07) is 13.6. The number of hydrogen-bond acceptors (Lipinski definition) is 6. The number of nitrogens with one attached hydrogen (secondary N) is 1. The molecule has 204 valence electrons. The molecule has 5 aromatic rings. The number of aromatic nitrogens is 5. The Kier molecular flexibility index (Phi) is 6.71. The van der Waals surface area contributed by atoms with E-state index in [0.29, 0.717) is 5.56 Å². The monoisotopic (exact) mass is 552 g/mol. The van der Waals surface area contributed by atoms with Crippen molar-refractivity contribution in [2.24, 2.45) is 7.05 Å². The number of alkyl halides is 3. The Balaban J connectivity index is 1.54. The van der Waals surface area contributed by atoms with E-state index in [2.05, 4.69) is 20.4 Å². The molecule has 0 saturated carbocycles. The molecule has 40 heavy (non-hydrogen) atoms. The number of aromatic hydroxyl groups is 2. The summed E-state index contributed by atoms with van der Waals surface area (Å²) in [5, 5.41) is 26.4. The first-order valence-corrected chi connectivity index (χ1v) is 11.7. The van der Waals surface area contributed by atoms with Gasteiger partial charge in [0, 0.05) is 36.5 Å². The average Bonchev–Trinajstić information content (AvgIpc) is 3.49. The SMILES string of the molecule is Cn1ccc(-c2cc(C(=O)Nc3cnc(Cn4c(O)ccc4O)nc3-c3ccccc3)c(F)cc2C(F)(F)F)n1. The van der Waals surface area contributed by atoms with Gasteiger partial charge in [0.05, 0.1) is 40.9 Å². The first-order chi connectivity index (χ1) is 19.0. The van der Waals surface area contributed by atoms with Crippen molar-refractivity contribution in [2.45, 2.75) is 12.7 Å². The van der Waals surface area contributed by atoms with Crippen LogP contribution in [-0.2, 0) is 19.8 Å². The van der Waals surface area contributed by atoms with Gasteiger partial charge >= 0.3 is 6.18 Å². The van der Waals surface area contributed by atoms with Gasteiger partial charge in [0.15, 0.2) is 11.8 Å². The number of benzene rings is 2. The van der Waals surface area contributed by atoms with E-state index in [-0.39, 0.29) is 47.3 Å². The van der Waals surface area contributed by atoms with E-state index in [1.54, 1.807) is 30.3 Å². The average molecular weight is 552 g/mol.